The van der Waals surface area contributed by atoms with E-state index in [0.29, 0.717) is 24.1 Å². The normalized spacial score (nSPS) is 17.8. The smallest absolute Gasteiger partial charge is 0.419 e. The van der Waals surface area contributed by atoms with Crippen LogP contribution in [0, 0.1) is 5.41 Å². The molecule has 1 N–H and O–H groups in total. The van der Waals surface area contributed by atoms with Gasteiger partial charge in [-0.3, -0.25) is 14.7 Å². The highest BCUT2D eigenvalue weighted by atomic mass is 16.6. The van der Waals surface area contributed by atoms with E-state index in [9.17, 15) is 9.59 Å². The molecule has 8 nitrogen and oxygen atoms in total. The van der Waals surface area contributed by atoms with Gasteiger partial charge >= 0.3 is 6.09 Å². The summed E-state index contributed by atoms with van der Waals surface area (Å²) in [5, 5.41) is 4.02. The van der Waals surface area contributed by atoms with E-state index < -0.39 is 5.60 Å². The van der Waals surface area contributed by atoms with Gasteiger partial charge in [0.1, 0.15) is 5.60 Å². The Morgan fingerprint density at radius 1 is 1.00 bits per heavy atom. The van der Waals surface area contributed by atoms with E-state index in [1.165, 1.54) is 12.8 Å². The zero-order valence-corrected chi connectivity index (χ0v) is 24.6. The molecule has 214 valence electrons. The van der Waals surface area contributed by atoms with E-state index in [-0.39, 0.29) is 12.0 Å². The average Bonchev–Trinajstić information content (AvgIpc) is 3.55. The van der Waals surface area contributed by atoms with Crippen LogP contribution < -0.4 is 10.2 Å². The maximum Gasteiger partial charge on any atom is 0.419 e. The SMILES string of the molecule is CC1(C)CCN(Cc2cc3ccc(CNC(=O)c4cncc(N5CCCC5)c4)cc3n2C(=O)OC(C)(C)C)CC1. The molecule has 2 aromatic heterocycles. The molecule has 0 spiro atoms. The molecule has 5 rings (SSSR count). The van der Waals surface area contributed by atoms with Gasteiger partial charge in [0, 0.05) is 43.5 Å². The molecular weight excluding hydrogens is 502 g/mol. The molecule has 1 aromatic carbocycles. The Balaban J connectivity index is 1.35. The van der Waals surface area contributed by atoms with Crippen molar-refractivity contribution in [2.24, 2.45) is 5.41 Å². The van der Waals surface area contributed by atoms with Crippen LogP contribution in [0.15, 0.2) is 42.7 Å². The Hall–Kier alpha value is -3.39. The Kier molecular flexibility index (Phi) is 7.91. The third kappa shape index (κ3) is 6.66. The molecule has 0 radical (unpaired) electrons. The number of anilines is 1. The summed E-state index contributed by atoms with van der Waals surface area (Å²) in [5.41, 5.74) is 3.93. The number of nitrogens with one attached hydrogen (secondary N) is 1. The van der Waals surface area contributed by atoms with Crippen molar-refractivity contribution in [2.75, 3.05) is 31.1 Å². The molecule has 0 aliphatic carbocycles. The number of benzene rings is 1. The Morgan fingerprint density at radius 3 is 2.42 bits per heavy atom. The van der Waals surface area contributed by atoms with Crippen molar-refractivity contribution in [2.45, 2.75) is 79.0 Å². The van der Waals surface area contributed by atoms with Crippen LogP contribution in [-0.4, -0.2) is 58.2 Å². The lowest BCUT2D eigenvalue weighted by atomic mass is 9.83. The third-order valence-corrected chi connectivity index (χ3v) is 8.03. The first-order chi connectivity index (χ1) is 19.0. The molecular formula is C32H43N5O3. The van der Waals surface area contributed by atoms with Crippen LogP contribution >= 0.6 is 0 Å². The molecule has 3 aromatic rings. The summed E-state index contributed by atoms with van der Waals surface area (Å²) >= 11 is 0. The van der Waals surface area contributed by atoms with Gasteiger partial charge in [-0.1, -0.05) is 26.0 Å². The van der Waals surface area contributed by atoms with E-state index >= 15 is 0 Å². The third-order valence-electron chi connectivity index (χ3n) is 8.03. The molecule has 0 unspecified atom stereocenters. The number of ether oxygens (including phenoxy) is 1. The first-order valence-corrected chi connectivity index (χ1v) is 14.5. The van der Waals surface area contributed by atoms with Crippen LogP contribution in [0.3, 0.4) is 0 Å². The molecule has 1 amide bonds. The minimum absolute atomic E-state index is 0.162. The van der Waals surface area contributed by atoms with Crippen LogP contribution in [0.1, 0.15) is 81.9 Å². The zero-order chi connectivity index (χ0) is 28.5. The van der Waals surface area contributed by atoms with Gasteiger partial charge in [-0.25, -0.2) is 9.36 Å². The van der Waals surface area contributed by atoms with E-state index in [2.05, 4.69) is 40.0 Å². The van der Waals surface area contributed by atoms with Crippen LogP contribution in [0.5, 0.6) is 0 Å². The first-order valence-electron chi connectivity index (χ1n) is 14.5. The largest absolute Gasteiger partial charge is 0.443 e. The summed E-state index contributed by atoms with van der Waals surface area (Å²) in [6, 6.07) is 10.0. The van der Waals surface area contributed by atoms with Gasteiger partial charge in [0.05, 0.1) is 23.0 Å². The van der Waals surface area contributed by atoms with Gasteiger partial charge in [0.15, 0.2) is 0 Å². The number of rotatable bonds is 6. The van der Waals surface area contributed by atoms with Crippen molar-refractivity contribution >= 4 is 28.6 Å². The first kappa shape index (κ1) is 28.1. The number of likely N-dealkylation sites (tertiary alicyclic amines) is 1. The molecule has 2 saturated heterocycles. The van der Waals surface area contributed by atoms with Crippen molar-refractivity contribution in [3.8, 4) is 0 Å². The van der Waals surface area contributed by atoms with E-state index in [1.807, 2.05) is 51.2 Å². The van der Waals surface area contributed by atoms with Gasteiger partial charge in [0.2, 0.25) is 0 Å². The topological polar surface area (TPSA) is 79.7 Å². The number of nitrogens with zero attached hydrogens (tertiary/aromatic N) is 4. The predicted octanol–water partition coefficient (Wildman–Crippen LogP) is 5.97. The number of piperidine rings is 1. The Morgan fingerprint density at radius 2 is 1.73 bits per heavy atom. The van der Waals surface area contributed by atoms with Gasteiger partial charge in [-0.2, -0.15) is 0 Å². The fourth-order valence-corrected chi connectivity index (χ4v) is 5.58. The number of aromatic nitrogens is 2. The molecule has 4 heterocycles. The zero-order valence-electron chi connectivity index (χ0n) is 24.6. The molecule has 0 atom stereocenters. The van der Waals surface area contributed by atoms with Crippen molar-refractivity contribution in [3.05, 3.63) is 59.5 Å². The van der Waals surface area contributed by atoms with Crippen LogP contribution in [0.4, 0.5) is 10.5 Å². The number of pyridine rings is 1. The monoisotopic (exact) mass is 545 g/mol. The second-order valence-corrected chi connectivity index (χ2v) is 13.1. The lowest BCUT2D eigenvalue weighted by molar-refractivity contribution is 0.0531. The number of fused-ring (bicyclic) bond motifs is 1. The van der Waals surface area contributed by atoms with E-state index in [4.69, 9.17) is 4.74 Å². The summed E-state index contributed by atoms with van der Waals surface area (Å²) in [6.45, 7) is 15.4. The minimum Gasteiger partial charge on any atom is -0.443 e. The van der Waals surface area contributed by atoms with Crippen LogP contribution in [-0.2, 0) is 17.8 Å². The quantitative estimate of drug-likeness (QED) is 0.411. The minimum atomic E-state index is -0.608. The molecule has 0 bridgehead atoms. The molecule has 2 aliphatic heterocycles. The maximum atomic E-state index is 13.4. The van der Waals surface area contributed by atoms with Crippen molar-refractivity contribution in [1.82, 2.24) is 19.8 Å². The van der Waals surface area contributed by atoms with E-state index in [0.717, 1.165) is 66.9 Å². The number of amides is 1. The average molecular weight is 546 g/mol. The second kappa shape index (κ2) is 11.2. The summed E-state index contributed by atoms with van der Waals surface area (Å²) in [4.78, 5) is 35.4. The summed E-state index contributed by atoms with van der Waals surface area (Å²) < 4.78 is 7.54. The summed E-state index contributed by atoms with van der Waals surface area (Å²) in [6.07, 6.45) is 7.67. The number of carbonyl (C=O) groups excluding carboxylic acids is 2. The van der Waals surface area contributed by atoms with Gasteiger partial charge in [-0.15, -0.1) is 0 Å². The Labute approximate surface area is 237 Å². The molecule has 8 heteroatoms. The summed E-state index contributed by atoms with van der Waals surface area (Å²) in [5.74, 6) is -0.162. The number of carbonyl (C=O) groups is 2. The Bertz CT molecular complexity index is 1370. The van der Waals surface area contributed by atoms with Gasteiger partial charge in [0.25, 0.3) is 5.91 Å². The van der Waals surface area contributed by atoms with E-state index in [1.54, 1.807) is 10.8 Å². The molecule has 2 aliphatic rings. The van der Waals surface area contributed by atoms with Crippen molar-refractivity contribution in [3.63, 3.8) is 0 Å². The summed E-state index contributed by atoms with van der Waals surface area (Å²) in [7, 11) is 0. The maximum absolute atomic E-state index is 13.4. The highest BCUT2D eigenvalue weighted by molar-refractivity contribution is 5.95. The number of hydrogen-bond acceptors (Lipinski definition) is 6. The fraction of sp³-hybridized carbons (Fsp3) is 0.531. The fourth-order valence-electron chi connectivity index (χ4n) is 5.58. The highest BCUT2D eigenvalue weighted by Gasteiger charge is 2.28. The lowest BCUT2D eigenvalue weighted by Crippen LogP contribution is -2.37. The predicted molar refractivity (Wildman–Crippen MR) is 159 cm³/mol. The molecule has 2 fully saturated rings. The van der Waals surface area contributed by atoms with Crippen LogP contribution in [0.2, 0.25) is 0 Å². The van der Waals surface area contributed by atoms with Crippen LogP contribution in [0.25, 0.3) is 10.9 Å². The van der Waals surface area contributed by atoms with Crippen molar-refractivity contribution < 1.29 is 14.3 Å². The van der Waals surface area contributed by atoms with Gasteiger partial charge in [-0.05, 0) is 88.7 Å². The second-order valence-electron chi connectivity index (χ2n) is 13.1. The molecule has 0 saturated carbocycles. The lowest BCUT2D eigenvalue weighted by Gasteiger charge is -2.37. The molecule has 40 heavy (non-hydrogen) atoms. The highest BCUT2D eigenvalue weighted by Crippen LogP contribution is 2.31. The van der Waals surface area contributed by atoms with Gasteiger partial charge < -0.3 is 15.0 Å². The van der Waals surface area contributed by atoms with Crippen molar-refractivity contribution in [1.29, 1.82) is 0 Å². The standard InChI is InChI=1S/C32H43N5O3/c1-31(2,3)40-30(39)37-27(22-35-14-10-32(4,5)11-15-35)17-24-9-8-23(16-28(24)37)19-34-29(38)25-18-26(21-33-20-25)36-12-6-7-13-36/h8-9,16-18,20-21H,6-7,10-15,19,22H2,1-5H3,(H,34,38). The number of hydrogen-bond donors (Lipinski definition) is 1.